The van der Waals surface area contributed by atoms with Crippen molar-refractivity contribution in [3.63, 3.8) is 0 Å². The average Bonchev–Trinajstić information content (AvgIpc) is 3.10. The van der Waals surface area contributed by atoms with Gasteiger partial charge in [0.2, 0.25) is 0 Å². The molecule has 32 heavy (non-hydrogen) atoms. The number of amides is 1. The van der Waals surface area contributed by atoms with Crippen molar-refractivity contribution < 1.29 is 14.1 Å². The van der Waals surface area contributed by atoms with Crippen LogP contribution in [0.15, 0.2) is 36.4 Å². The molecule has 172 valence electrons. The zero-order chi connectivity index (χ0) is 23.6. The van der Waals surface area contributed by atoms with Gasteiger partial charge >= 0.3 is 0 Å². The van der Waals surface area contributed by atoms with Gasteiger partial charge in [-0.25, -0.2) is 13.5 Å². The molecule has 1 aliphatic rings. The molecule has 1 aliphatic heterocycles. The van der Waals surface area contributed by atoms with E-state index < -0.39 is 15.7 Å². The smallest absolute Gasteiger partial charge is 0.271 e. The van der Waals surface area contributed by atoms with Crippen LogP contribution in [0, 0.1) is 0 Å². The van der Waals surface area contributed by atoms with Gasteiger partial charge in [-0.2, -0.15) is 0 Å². The number of fused-ring (bicyclic) bond motifs is 1. The first-order valence-electron chi connectivity index (χ1n) is 10.9. The summed E-state index contributed by atoms with van der Waals surface area (Å²) in [5.41, 5.74) is 4.91. The number of carbonyl (C=O) groups is 1. The molecule has 0 spiro atoms. The van der Waals surface area contributed by atoms with Crippen LogP contribution in [0.3, 0.4) is 0 Å². The molecule has 1 aromatic carbocycles. The molecule has 6 nitrogen and oxygen atoms in total. The highest BCUT2D eigenvalue weighted by Crippen LogP contribution is 2.44. The van der Waals surface area contributed by atoms with Crippen molar-refractivity contribution in [1.29, 1.82) is 0 Å². The van der Waals surface area contributed by atoms with Crippen molar-refractivity contribution in [1.82, 2.24) is 14.2 Å². The fourth-order valence-electron chi connectivity index (χ4n) is 4.01. The van der Waals surface area contributed by atoms with Gasteiger partial charge in [0, 0.05) is 38.4 Å². The van der Waals surface area contributed by atoms with Crippen molar-refractivity contribution in [3.05, 3.63) is 58.8 Å². The van der Waals surface area contributed by atoms with Crippen LogP contribution >= 0.6 is 0 Å². The van der Waals surface area contributed by atoms with Crippen molar-refractivity contribution >= 4 is 23.0 Å². The van der Waals surface area contributed by atoms with Gasteiger partial charge < -0.3 is 10.0 Å². The van der Waals surface area contributed by atoms with Gasteiger partial charge in [-0.1, -0.05) is 30.4 Å². The second-order valence-corrected chi connectivity index (χ2v) is 11.4. The van der Waals surface area contributed by atoms with E-state index in [2.05, 4.69) is 0 Å². The number of nitrogens with zero attached hydrogens (tertiary/aromatic N) is 3. The molecule has 0 aliphatic carbocycles. The minimum atomic E-state index is -1.28. The third kappa shape index (κ3) is 4.85. The number of hydrogen-bond donors (Lipinski definition) is 1. The third-order valence-electron chi connectivity index (χ3n) is 5.44. The van der Waals surface area contributed by atoms with E-state index in [0.29, 0.717) is 24.4 Å². The first-order valence-corrected chi connectivity index (χ1v) is 12.0. The standard InChI is InChI=1S/C25H33N3O3S/c1-7-9-17-10-8-11-18(14-17)23-22-19(15-20(26-23)24(30)27(5)6)16-28(21(22)12-13-29)32(31)25(2,3)4/h7-11,14-15,21,29H,12-13,16H2,1-6H3/b9-7+/t21-,32-/m1/s1. The van der Waals surface area contributed by atoms with Gasteiger partial charge in [-0.3, -0.25) is 4.79 Å². The van der Waals surface area contributed by atoms with E-state index in [1.165, 1.54) is 4.90 Å². The number of pyridine rings is 1. The molecule has 1 N–H and O–H groups in total. The first kappa shape index (κ1) is 24.3. The van der Waals surface area contributed by atoms with E-state index >= 15 is 0 Å². The minimum absolute atomic E-state index is 0.0294. The molecule has 0 saturated carbocycles. The monoisotopic (exact) mass is 455 g/mol. The summed E-state index contributed by atoms with van der Waals surface area (Å²) in [5, 5.41) is 9.83. The largest absolute Gasteiger partial charge is 0.396 e. The molecular weight excluding hydrogens is 422 g/mol. The molecule has 1 aromatic heterocycles. The maximum Gasteiger partial charge on any atom is 0.271 e. The lowest BCUT2D eigenvalue weighted by atomic mass is 9.95. The maximum atomic E-state index is 13.4. The quantitative estimate of drug-likeness (QED) is 0.709. The Bertz CT molecular complexity index is 1060. The molecule has 2 atom stereocenters. The lowest BCUT2D eigenvalue weighted by Gasteiger charge is -2.30. The fraction of sp³-hybridized carbons (Fsp3) is 0.440. The third-order valence-corrected chi connectivity index (χ3v) is 7.29. The first-order chi connectivity index (χ1) is 15.1. The number of allylic oxidation sites excluding steroid dienone is 1. The highest BCUT2D eigenvalue weighted by atomic mass is 32.2. The predicted octanol–water partition coefficient (Wildman–Crippen LogP) is 4.18. The van der Waals surface area contributed by atoms with Crippen molar-refractivity contribution in [2.75, 3.05) is 20.7 Å². The molecule has 0 radical (unpaired) electrons. The Hall–Kier alpha value is -2.35. The van der Waals surface area contributed by atoms with Gasteiger partial charge in [0.25, 0.3) is 5.91 Å². The fourth-order valence-corrected chi connectivity index (χ4v) is 5.41. The molecule has 2 aromatic rings. The number of aliphatic hydroxyl groups excluding tert-OH is 1. The maximum absolute atomic E-state index is 13.4. The van der Waals surface area contributed by atoms with Gasteiger partial charge in [-0.15, -0.1) is 0 Å². The van der Waals surface area contributed by atoms with Crippen molar-refractivity contribution in [2.24, 2.45) is 0 Å². The molecule has 0 bridgehead atoms. The van der Waals surface area contributed by atoms with E-state index in [1.807, 2.05) is 74.5 Å². The van der Waals surface area contributed by atoms with Crippen LogP contribution in [0.4, 0.5) is 0 Å². The van der Waals surface area contributed by atoms with Gasteiger partial charge in [0.15, 0.2) is 0 Å². The topological polar surface area (TPSA) is 73.7 Å². The average molecular weight is 456 g/mol. The molecule has 2 heterocycles. The Balaban J connectivity index is 2.25. The summed E-state index contributed by atoms with van der Waals surface area (Å²) in [5.74, 6) is -0.173. The van der Waals surface area contributed by atoms with Crippen LogP contribution in [0.25, 0.3) is 17.3 Å². The number of aliphatic hydroxyl groups is 1. The SMILES string of the molecule is C/C=C/c1cccc(-c2nc(C(=O)N(C)C)cc3c2[C@@H](CCO)N([S@](=O)C(C)(C)C)C3)c1. The van der Waals surface area contributed by atoms with Crippen LogP contribution in [0.5, 0.6) is 0 Å². The van der Waals surface area contributed by atoms with Crippen LogP contribution in [-0.2, 0) is 17.5 Å². The highest BCUT2D eigenvalue weighted by molar-refractivity contribution is 7.84. The van der Waals surface area contributed by atoms with Gasteiger partial charge in [0.05, 0.1) is 16.5 Å². The number of carbonyl (C=O) groups excluding carboxylic acids is 1. The molecular formula is C25H33N3O3S. The second kappa shape index (κ2) is 9.65. The van der Waals surface area contributed by atoms with E-state index in [9.17, 15) is 14.1 Å². The van der Waals surface area contributed by atoms with Crippen LogP contribution in [-0.4, -0.2) is 54.9 Å². The van der Waals surface area contributed by atoms with E-state index in [-0.39, 0.29) is 18.6 Å². The summed E-state index contributed by atoms with van der Waals surface area (Å²) >= 11 is 0. The summed E-state index contributed by atoms with van der Waals surface area (Å²) in [7, 11) is 2.13. The molecule has 1 amide bonds. The zero-order valence-electron chi connectivity index (χ0n) is 19.8. The zero-order valence-corrected chi connectivity index (χ0v) is 20.6. The Morgan fingerprint density at radius 1 is 1.31 bits per heavy atom. The Morgan fingerprint density at radius 3 is 2.62 bits per heavy atom. The van der Waals surface area contributed by atoms with E-state index in [1.54, 1.807) is 14.1 Å². The van der Waals surface area contributed by atoms with E-state index in [0.717, 1.165) is 22.3 Å². The van der Waals surface area contributed by atoms with Crippen LogP contribution < -0.4 is 0 Å². The Morgan fingerprint density at radius 2 is 2.03 bits per heavy atom. The second-order valence-electron chi connectivity index (χ2n) is 9.22. The Labute approximate surface area is 193 Å². The molecule has 0 saturated heterocycles. The van der Waals surface area contributed by atoms with Crippen molar-refractivity contribution in [2.45, 2.75) is 51.4 Å². The molecule has 0 fully saturated rings. The van der Waals surface area contributed by atoms with Crippen molar-refractivity contribution in [3.8, 4) is 11.3 Å². The summed E-state index contributed by atoms with van der Waals surface area (Å²) < 4.78 is 14.9. The molecule has 0 unspecified atom stereocenters. The summed E-state index contributed by atoms with van der Waals surface area (Å²) in [4.78, 5) is 19.1. The number of aromatic nitrogens is 1. The number of benzene rings is 1. The van der Waals surface area contributed by atoms with E-state index in [4.69, 9.17) is 4.98 Å². The summed E-state index contributed by atoms with van der Waals surface area (Å²) in [6.07, 6.45) is 4.44. The molecule has 7 heteroatoms. The lowest BCUT2D eigenvalue weighted by molar-refractivity contribution is 0.0822. The lowest BCUT2D eigenvalue weighted by Crippen LogP contribution is -2.36. The van der Waals surface area contributed by atoms with Gasteiger partial charge in [0.1, 0.15) is 16.7 Å². The number of rotatable bonds is 6. The van der Waals surface area contributed by atoms with Crippen LogP contribution in [0.1, 0.15) is 67.3 Å². The van der Waals surface area contributed by atoms with Gasteiger partial charge in [-0.05, 0) is 57.4 Å². The summed E-state index contributed by atoms with van der Waals surface area (Å²) in [6.45, 7) is 8.23. The highest BCUT2D eigenvalue weighted by Gasteiger charge is 2.40. The minimum Gasteiger partial charge on any atom is -0.396 e. The Kier molecular flexibility index (Phi) is 7.32. The summed E-state index contributed by atoms with van der Waals surface area (Å²) in [6, 6.07) is 9.60. The van der Waals surface area contributed by atoms with Crippen LogP contribution in [0.2, 0.25) is 0 Å². The number of hydrogen-bond acceptors (Lipinski definition) is 4. The predicted molar refractivity (Wildman–Crippen MR) is 130 cm³/mol. The normalized spacial score (nSPS) is 17.5. The molecule has 3 rings (SSSR count).